The zero-order valence-corrected chi connectivity index (χ0v) is 16.1. The van der Waals surface area contributed by atoms with Crippen molar-refractivity contribution in [2.45, 2.75) is 18.6 Å². The highest BCUT2D eigenvalue weighted by atomic mass is 79.9. The first-order chi connectivity index (χ1) is 10.1. The zero-order chi connectivity index (χ0) is 15.0. The molecule has 2 atom stereocenters. The van der Waals surface area contributed by atoms with Gasteiger partial charge in [0.2, 0.25) is 0 Å². The number of halogens is 3. The van der Waals surface area contributed by atoms with Crippen LogP contribution in [0.2, 0.25) is 0 Å². The number of fused-ring (bicyclic) bond motifs is 1. The molecule has 0 bridgehead atoms. The van der Waals surface area contributed by atoms with Crippen LogP contribution >= 0.6 is 47.8 Å². The number of ether oxygens (including phenoxy) is 1. The monoisotopic (exact) mass is 473 g/mol. The molecular formula is C16H14Br3NO. The second kappa shape index (κ2) is 6.41. The zero-order valence-electron chi connectivity index (χ0n) is 11.4. The van der Waals surface area contributed by atoms with E-state index in [0.29, 0.717) is 6.04 Å². The Labute approximate surface area is 149 Å². The van der Waals surface area contributed by atoms with E-state index in [4.69, 9.17) is 4.74 Å². The first kappa shape index (κ1) is 15.5. The van der Waals surface area contributed by atoms with Crippen molar-refractivity contribution in [3.05, 3.63) is 60.9 Å². The molecule has 0 saturated carbocycles. The lowest BCUT2D eigenvalue weighted by Crippen LogP contribution is -2.26. The van der Waals surface area contributed by atoms with E-state index in [2.05, 4.69) is 77.4 Å². The minimum atomic E-state index is 0.0497. The summed E-state index contributed by atoms with van der Waals surface area (Å²) in [6, 6.07) is 12.8. The van der Waals surface area contributed by atoms with Crippen molar-refractivity contribution in [1.29, 1.82) is 0 Å². The molecule has 2 aromatic rings. The maximum Gasteiger partial charge on any atom is 0.126 e. The lowest BCUT2D eigenvalue weighted by atomic mass is 9.93. The van der Waals surface area contributed by atoms with Crippen LogP contribution in [0.1, 0.15) is 29.7 Å². The second-order valence-electron chi connectivity index (χ2n) is 5.04. The summed E-state index contributed by atoms with van der Waals surface area (Å²) in [5, 5.41) is 3.39. The fraction of sp³-hybridized carbons (Fsp3) is 0.250. The molecular weight excluding hydrogens is 462 g/mol. The van der Waals surface area contributed by atoms with E-state index in [9.17, 15) is 0 Å². The van der Waals surface area contributed by atoms with Gasteiger partial charge in [0.15, 0.2) is 0 Å². The van der Waals surface area contributed by atoms with Crippen LogP contribution in [0.3, 0.4) is 0 Å². The van der Waals surface area contributed by atoms with Gasteiger partial charge in [-0.25, -0.2) is 0 Å². The third-order valence-electron chi connectivity index (χ3n) is 3.73. The van der Waals surface area contributed by atoms with E-state index in [1.807, 2.05) is 19.2 Å². The van der Waals surface area contributed by atoms with Gasteiger partial charge in [0.05, 0.1) is 0 Å². The van der Waals surface area contributed by atoms with Crippen LogP contribution in [0.15, 0.2) is 49.8 Å². The highest BCUT2D eigenvalue weighted by Gasteiger charge is 2.28. The Hall–Kier alpha value is -0.360. The largest absolute Gasteiger partial charge is 0.485 e. The van der Waals surface area contributed by atoms with Crippen LogP contribution < -0.4 is 10.1 Å². The predicted octanol–water partition coefficient (Wildman–Crippen LogP) is 5.76. The molecule has 0 radical (unpaired) electrons. The molecule has 110 valence electrons. The molecule has 2 unspecified atom stereocenters. The Bertz CT molecular complexity index is 675. The van der Waals surface area contributed by atoms with Gasteiger partial charge in [-0.2, -0.15) is 0 Å². The lowest BCUT2D eigenvalue weighted by molar-refractivity contribution is 0.153. The summed E-state index contributed by atoms with van der Waals surface area (Å²) in [6.07, 6.45) is 0.966. The fourth-order valence-corrected chi connectivity index (χ4v) is 3.61. The SMILES string of the molecule is CNC1CC(c2ccc(Br)c(Br)c2)Oc2cc(Br)ccc21. The molecule has 0 saturated heterocycles. The van der Waals surface area contributed by atoms with Gasteiger partial charge in [0, 0.05) is 31.4 Å². The summed E-state index contributed by atoms with van der Waals surface area (Å²) in [7, 11) is 2.00. The van der Waals surface area contributed by atoms with E-state index in [1.165, 1.54) is 11.1 Å². The van der Waals surface area contributed by atoms with Crippen LogP contribution in [0.25, 0.3) is 0 Å². The van der Waals surface area contributed by atoms with Crippen LogP contribution in [-0.4, -0.2) is 7.05 Å². The standard InChI is InChI=1S/C16H14Br3NO/c1-20-14-8-15(9-2-5-12(18)13(19)6-9)21-16-7-10(17)3-4-11(14)16/h2-7,14-15,20H,8H2,1H3. The summed E-state index contributed by atoms with van der Waals surface area (Å²) in [4.78, 5) is 0. The Morgan fingerprint density at radius 3 is 2.57 bits per heavy atom. The Balaban J connectivity index is 1.97. The Morgan fingerprint density at radius 2 is 1.86 bits per heavy atom. The number of rotatable bonds is 2. The van der Waals surface area contributed by atoms with Gasteiger partial charge in [-0.1, -0.05) is 28.1 Å². The summed E-state index contributed by atoms with van der Waals surface area (Å²) >= 11 is 10.6. The van der Waals surface area contributed by atoms with Gasteiger partial charge in [-0.3, -0.25) is 0 Å². The Morgan fingerprint density at radius 1 is 1.05 bits per heavy atom. The topological polar surface area (TPSA) is 21.3 Å². The van der Waals surface area contributed by atoms with Crippen LogP contribution in [0, 0.1) is 0 Å². The molecule has 0 aliphatic carbocycles. The summed E-state index contributed by atoms with van der Waals surface area (Å²) in [5.41, 5.74) is 2.39. The number of hydrogen-bond donors (Lipinski definition) is 1. The van der Waals surface area contributed by atoms with Crippen molar-refractivity contribution >= 4 is 47.8 Å². The van der Waals surface area contributed by atoms with Crippen molar-refractivity contribution in [2.24, 2.45) is 0 Å². The van der Waals surface area contributed by atoms with Gasteiger partial charge in [0.25, 0.3) is 0 Å². The predicted molar refractivity (Wildman–Crippen MR) is 95.8 cm³/mol. The maximum absolute atomic E-state index is 6.22. The average molecular weight is 476 g/mol. The molecule has 1 heterocycles. The molecule has 2 nitrogen and oxygen atoms in total. The third-order valence-corrected chi connectivity index (χ3v) is 6.11. The smallest absolute Gasteiger partial charge is 0.126 e. The molecule has 0 fully saturated rings. The van der Waals surface area contributed by atoms with E-state index in [-0.39, 0.29) is 6.10 Å². The minimum Gasteiger partial charge on any atom is -0.485 e. The molecule has 3 rings (SSSR count). The van der Waals surface area contributed by atoms with Crippen LogP contribution in [0.5, 0.6) is 5.75 Å². The lowest BCUT2D eigenvalue weighted by Gasteiger charge is -2.32. The van der Waals surface area contributed by atoms with Gasteiger partial charge in [0.1, 0.15) is 11.9 Å². The van der Waals surface area contributed by atoms with Crippen molar-refractivity contribution in [1.82, 2.24) is 5.32 Å². The van der Waals surface area contributed by atoms with Crippen molar-refractivity contribution in [2.75, 3.05) is 7.05 Å². The number of benzene rings is 2. The summed E-state index contributed by atoms with van der Waals surface area (Å²) in [5.74, 6) is 0.944. The third kappa shape index (κ3) is 3.21. The molecule has 2 aromatic carbocycles. The molecule has 0 aromatic heterocycles. The van der Waals surface area contributed by atoms with E-state index >= 15 is 0 Å². The van der Waals surface area contributed by atoms with E-state index < -0.39 is 0 Å². The number of nitrogens with one attached hydrogen (secondary N) is 1. The maximum atomic E-state index is 6.22. The Kier molecular flexibility index (Phi) is 4.74. The second-order valence-corrected chi connectivity index (χ2v) is 7.66. The first-order valence-corrected chi connectivity index (χ1v) is 9.04. The highest BCUT2D eigenvalue weighted by Crippen LogP contribution is 2.42. The van der Waals surface area contributed by atoms with Crippen molar-refractivity contribution in [3.63, 3.8) is 0 Å². The fourth-order valence-electron chi connectivity index (χ4n) is 2.63. The van der Waals surface area contributed by atoms with Crippen molar-refractivity contribution in [3.8, 4) is 5.75 Å². The van der Waals surface area contributed by atoms with Gasteiger partial charge >= 0.3 is 0 Å². The van der Waals surface area contributed by atoms with Gasteiger partial charge in [-0.15, -0.1) is 0 Å². The molecule has 0 spiro atoms. The van der Waals surface area contributed by atoms with Crippen LogP contribution in [0.4, 0.5) is 0 Å². The summed E-state index contributed by atoms with van der Waals surface area (Å²) < 4.78 is 9.35. The van der Waals surface area contributed by atoms with Gasteiger partial charge < -0.3 is 10.1 Å². The minimum absolute atomic E-state index is 0.0497. The van der Waals surface area contributed by atoms with E-state index in [1.54, 1.807) is 0 Å². The normalized spacial score (nSPS) is 20.8. The molecule has 1 N–H and O–H groups in total. The van der Waals surface area contributed by atoms with Crippen LogP contribution in [-0.2, 0) is 0 Å². The first-order valence-electron chi connectivity index (χ1n) is 6.67. The average Bonchev–Trinajstić information content (AvgIpc) is 2.48. The molecule has 21 heavy (non-hydrogen) atoms. The van der Waals surface area contributed by atoms with Crippen molar-refractivity contribution < 1.29 is 4.74 Å². The molecule has 5 heteroatoms. The molecule has 1 aliphatic rings. The van der Waals surface area contributed by atoms with E-state index in [0.717, 1.165) is 25.6 Å². The summed E-state index contributed by atoms with van der Waals surface area (Å²) in [6.45, 7) is 0. The molecule has 1 aliphatic heterocycles. The highest BCUT2D eigenvalue weighted by molar-refractivity contribution is 9.13. The van der Waals surface area contributed by atoms with Gasteiger partial charge in [-0.05, 0) is 68.7 Å². The molecule has 0 amide bonds. The quantitative estimate of drug-likeness (QED) is 0.596. The number of hydrogen-bond acceptors (Lipinski definition) is 2.